The van der Waals surface area contributed by atoms with Crippen molar-refractivity contribution in [3.05, 3.63) is 77.6 Å². The summed E-state index contributed by atoms with van der Waals surface area (Å²) in [6.45, 7) is 5.70. The van der Waals surface area contributed by atoms with Crippen LogP contribution in [0.25, 0.3) is 11.3 Å². The Bertz CT molecular complexity index is 1250. The number of nitrogens with zero attached hydrogens (tertiary/aromatic N) is 3. The second-order valence-electron chi connectivity index (χ2n) is 8.37. The van der Waals surface area contributed by atoms with Gasteiger partial charge in [0.2, 0.25) is 5.95 Å². The molecule has 0 radical (unpaired) electrons. The predicted molar refractivity (Wildman–Crippen MR) is 131 cm³/mol. The molecule has 2 aromatic carbocycles. The van der Waals surface area contributed by atoms with Crippen molar-refractivity contribution in [1.82, 2.24) is 9.97 Å². The maximum Gasteiger partial charge on any atom is 0.323 e. The molecule has 1 heterocycles. The summed E-state index contributed by atoms with van der Waals surface area (Å²) in [5.74, 6) is -1.00. The van der Waals surface area contributed by atoms with Crippen molar-refractivity contribution in [2.24, 2.45) is 10.7 Å². The van der Waals surface area contributed by atoms with Crippen LogP contribution in [-0.2, 0) is 0 Å². The van der Waals surface area contributed by atoms with E-state index >= 15 is 0 Å². The highest BCUT2D eigenvalue weighted by Crippen LogP contribution is 2.26. The SMILES string of the molecule is CC(C)(C)N=CC(=C(N)c1ccnc(N)n1)c1cc(F)cc(NC(=O)Nc2ccc(F)cc2)c1. The first-order valence-electron chi connectivity index (χ1n) is 10.3. The van der Waals surface area contributed by atoms with Gasteiger partial charge >= 0.3 is 6.03 Å². The van der Waals surface area contributed by atoms with Crippen LogP contribution < -0.4 is 22.1 Å². The van der Waals surface area contributed by atoms with E-state index in [1.807, 2.05) is 20.8 Å². The van der Waals surface area contributed by atoms with Gasteiger partial charge in [0.1, 0.15) is 11.6 Å². The number of amides is 2. The molecule has 3 rings (SSSR count). The molecule has 34 heavy (non-hydrogen) atoms. The van der Waals surface area contributed by atoms with Crippen molar-refractivity contribution in [1.29, 1.82) is 0 Å². The topological polar surface area (TPSA) is 131 Å². The molecule has 0 aliphatic heterocycles. The van der Waals surface area contributed by atoms with Crippen LogP contribution >= 0.6 is 0 Å². The van der Waals surface area contributed by atoms with E-state index < -0.39 is 23.2 Å². The largest absolute Gasteiger partial charge is 0.396 e. The van der Waals surface area contributed by atoms with Crippen LogP contribution in [-0.4, -0.2) is 27.8 Å². The van der Waals surface area contributed by atoms with E-state index in [0.717, 1.165) is 6.07 Å². The van der Waals surface area contributed by atoms with Crippen LogP contribution in [0.2, 0.25) is 0 Å². The molecule has 1 aromatic heterocycles. The second kappa shape index (κ2) is 10.1. The van der Waals surface area contributed by atoms with Crippen molar-refractivity contribution < 1.29 is 13.6 Å². The molecule has 0 bridgehead atoms. The monoisotopic (exact) mass is 465 g/mol. The fourth-order valence-corrected chi connectivity index (χ4v) is 2.86. The lowest BCUT2D eigenvalue weighted by molar-refractivity contribution is 0.262. The van der Waals surface area contributed by atoms with E-state index in [9.17, 15) is 13.6 Å². The number of halogens is 2. The molecule has 0 fully saturated rings. The lowest BCUT2D eigenvalue weighted by atomic mass is 10.0. The Hall–Kier alpha value is -4.34. The minimum Gasteiger partial charge on any atom is -0.396 e. The molecule has 0 unspecified atom stereocenters. The quantitative estimate of drug-likeness (QED) is 0.407. The number of hydrogen-bond donors (Lipinski definition) is 4. The van der Waals surface area contributed by atoms with Crippen molar-refractivity contribution >= 4 is 40.8 Å². The van der Waals surface area contributed by atoms with Gasteiger partial charge in [-0.05, 0) is 74.9 Å². The van der Waals surface area contributed by atoms with Crippen molar-refractivity contribution in [3.8, 4) is 0 Å². The molecule has 2 amide bonds. The van der Waals surface area contributed by atoms with E-state index in [0.29, 0.717) is 22.5 Å². The number of benzene rings is 2. The number of anilines is 3. The summed E-state index contributed by atoms with van der Waals surface area (Å²) in [7, 11) is 0. The summed E-state index contributed by atoms with van der Waals surface area (Å²) in [4.78, 5) is 24.9. The molecular weight excluding hydrogens is 440 g/mol. The maximum atomic E-state index is 14.5. The lowest BCUT2D eigenvalue weighted by Gasteiger charge is -2.15. The molecule has 0 saturated heterocycles. The van der Waals surface area contributed by atoms with E-state index in [2.05, 4.69) is 25.6 Å². The zero-order valence-corrected chi connectivity index (χ0v) is 18.9. The molecule has 176 valence electrons. The van der Waals surface area contributed by atoms with Crippen LogP contribution in [0.15, 0.2) is 59.7 Å². The summed E-state index contributed by atoms with van der Waals surface area (Å²) in [6, 6.07) is 10.2. The van der Waals surface area contributed by atoms with Gasteiger partial charge in [-0.25, -0.2) is 23.5 Å². The van der Waals surface area contributed by atoms with Gasteiger partial charge in [0.15, 0.2) is 0 Å². The predicted octanol–water partition coefficient (Wildman–Crippen LogP) is 4.68. The van der Waals surface area contributed by atoms with Gasteiger partial charge in [-0.2, -0.15) is 0 Å². The number of aliphatic imine (C=N–C) groups is 1. The summed E-state index contributed by atoms with van der Waals surface area (Å²) in [6.07, 6.45) is 2.99. The van der Waals surface area contributed by atoms with Crippen LogP contribution in [0.3, 0.4) is 0 Å². The van der Waals surface area contributed by atoms with Gasteiger partial charge in [0.25, 0.3) is 0 Å². The summed E-state index contributed by atoms with van der Waals surface area (Å²) in [5, 5.41) is 5.12. The maximum absolute atomic E-state index is 14.5. The Morgan fingerprint density at radius 1 is 1.00 bits per heavy atom. The first kappa shape index (κ1) is 24.3. The fraction of sp³-hybridized carbons (Fsp3) is 0.167. The Labute approximate surface area is 195 Å². The first-order valence-corrected chi connectivity index (χ1v) is 10.3. The molecule has 0 atom stereocenters. The molecule has 0 aliphatic carbocycles. The molecule has 0 aliphatic rings. The van der Waals surface area contributed by atoms with Gasteiger partial charge < -0.3 is 22.1 Å². The fourth-order valence-electron chi connectivity index (χ4n) is 2.86. The molecule has 3 aromatic rings. The number of carbonyl (C=O) groups excluding carboxylic acids is 1. The molecule has 6 N–H and O–H groups in total. The third kappa shape index (κ3) is 6.83. The summed E-state index contributed by atoms with van der Waals surface area (Å²) < 4.78 is 27.6. The molecule has 0 spiro atoms. The van der Waals surface area contributed by atoms with Crippen LogP contribution in [0.4, 0.5) is 30.9 Å². The first-order chi connectivity index (χ1) is 16.0. The molecule has 10 heteroatoms. The Kier molecular flexibility index (Phi) is 7.20. The van der Waals surface area contributed by atoms with Crippen molar-refractivity contribution in [2.45, 2.75) is 26.3 Å². The second-order valence-corrected chi connectivity index (χ2v) is 8.37. The number of aromatic nitrogens is 2. The van der Waals surface area contributed by atoms with Gasteiger partial charge in [0.05, 0.1) is 16.9 Å². The average molecular weight is 466 g/mol. The molecular formula is C24H25F2N7O. The minimum absolute atomic E-state index is 0.0339. The van der Waals surface area contributed by atoms with E-state index in [1.54, 1.807) is 12.1 Å². The summed E-state index contributed by atoms with van der Waals surface area (Å²) in [5.41, 5.74) is 13.5. The standard InChI is InChI=1S/C24H25F2N7O/c1-24(2,3)30-13-19(21(27)20-8-9-29-22(28)33-20)14-10-16(26)12-18(11-14)32-23(34)31-17-6-4-15(25)5-7-17/h4-13H,27H2,1-3H3,(H2,28,29,33)(H2,31,32,34). The third-order valence-corrected chi connectivity index (χ3v) is 4.39. The average Bonchev–Trinajstić information content (AvgIpc) is 2.74. The van der Waals surface area contributed by atoms with Crippen molar-refractivity contribution in [3.63, 3.8) is 0 Å². The van der Waals surface area contributed by atoms with Gasteiger partial charge in [0, 0.05) is 29.4 Å². The van der Waals surface area contributed by atoms with E-state index in [1.165, 1.54) is 42.7 Å². The third-order valence-electron chi connectivity index (χ3n) is 4.39. The number of urea groups is 1. The highest BCUT2D eigenvalue weighted by molar-refractivity contribution is 6.19. The molecule has 0 saturated carbocycles. The number of nitrogen functional groups attached to an aromatic ring is 1. The number of nitrogens with one attached hydrogen (secondary N) is 2. The van der Waals surface area contributed by atoms with Crippen molar-refractivity contribution in [2.75, 3.05) is 16.4 Å². The normalized spacial score (nSPS) is 12.4. The Morgan fingerprint density at radius 2 is 1.68 bits per heavy atom. The number of nitrogens with two attached hydrogens (primary N) is 2. The van der Waals surface area contributed by atoms with E-state index in [4.69, 9.17) is 11.5 Å². The highest BCUT2D eigenvalue weighted by Gasteiger charge is 2.14. The Morgan fingerprint density at radius 3 is 2.32 bits per heavy atom. The zero-order valence-electron chi connectivity index (χ0n) is 18.9. The van der Waals surface area contributed by atoms with Crippen LogP contribution in [0.1, 0.15) is 32.0 Å². The molecule has 8 nitrogen and oxygen atoms in total. The van der Waals surface area contributed by atoms with E-state index in [-0.39, 0.29) is 17.3 Å². The highest BCUT2D eigenvalue weighted by atomic mass is 19.1. The Balaban J connectivity index is 1.98. The summed E-state index contributed by atoms with van der Waals surface area (Å²) >= 11 is 0. The zero-order chi connectivity index (χ0) is 24.9. The number of rotatable bonds is 5. The van der Waals surface area contributed by atoms with Gasteiger partial charge in [-0.1, -0.05) is 0 Å². The lowest BCUT2D eigenvalue weighted by Crippen LogP contribution is -2.19. The minimum atomic E-state index is -0.631. The van der Waals surface area contributed by atoms with Gasteiger partial charge in [-0.15, -0.1) is 0 Å². The number of allylic oxidation sites excluding steroid dienone is 1. The number of hydrogen-bond acceptors (Lipinski definition) is 6. The number of carbonyl (C=O) groups is 1. The van der Waals surface area contributed by atoms with Crippen LogP contribution in [0.5, 0.6) is 0 Å². The van der Waals surface area contributed by atoms with Gasteiger partial charge in [-0.3, -0.25) is 4.99 Å². The smallest absolute Gasteiger partial charge is 0.323 e. The van der Waals surface area contributed by atoms with Crippen LogP contribution in [0, 0.1) is 11.6 Å².